The molecule has 0 bridgehead atoms. The second kappa shape index (κ2) is 7.82. The normalized spacial score (nSPS) is 12.2. The van der Waals surface area contributed by atoms with Gasteiger partial charge in [0, 0.05) is 0 Å². The highest BCUT2D eigenvalue weighted by Gasteiger charge is 2.12. The van der Waals surface area contributed by atoms with Crippen molar-refractivity contribution in [3.63, 3.8) is 0 Å². The maximum Gasteiger partial charge on any atom is 0.252 e. The van der Waals surface area contributed by atoms with Crippen LogP contribution in [0.15, 0.2) is 18.2 Å². The Morgan fingerprint density at radius 1 is 1.37 bits per heavy atom. The van der Waals surface area contributed by atoms with E-state index in [1.54, 1.807) is 6.07 Å². The van der Waals surface area contributed by atoms with Crippen molar-refractivity contribution in [2.24, 2.45) is 11.7 Å². The summed E-state index contributed by atoms with van der Waals surface area (Å²) >= 11 is 0. The van der Waals surface area contributed by atoms with E-state index in [2.05, 4.69) is 13.8 Å². The molecule has 1 amide bonds. The molecule has 0 aliphatic heterocycles. The molecule has 0 fully saturated rings. The van der Waals surface area contributed by atoms with Crippen LogP contribution in [0, 0.1) is 12.8 Å². The number of nitrogens with two attached hydrogens (primary N) is 1. The maximum atomic E-state index is 11.4. The van der Waals surface area contributed by atoms with E-state index in [9.17, 15) is 4.79 Å². The third-order valence-electron chi connectivity index (χ3n) is 3.42. The smallest absolute Gasteiger partial charge is 0.252 e. The second-order valence-electron chi connectivity index (χ2n) is 5.09. The number of amides is 1. The van der Waals surface area contributed by atoms with Gasteiger partial charge in [-0.15, -0.1) is 0 Å². The van der Waals surface area contributed by atoms with Gasteiger partial charge in [-0.1, -0.05) is 39.2 Å². The van der Waals surface area contributed by atoms with Crippen molar-refractivity contribution in [3.05, 3.63) is 29.3 Å². The van der Waals surface area contributed by atoms with Gasteiger partial charge in [0.2, 0.25) is 0 Å². The van der Waals surface area contributed by atoms with Gasteiger partial charge >= 0.3 is 0 Å². The van der Waals surface area contributed by atoms with E-state index in [1.807, 2.05) is 19.1 Å². The van der Waals surface area contributed by atoms with Crippen molar-refractivity contribution in [2.45, 2.75) is 46.5 Å². The topological polar surface area (TPSA) is 52.3 Å². The highest BCUT2D eigenvalue weighted by Crippen LogP contribution is 2.22. The van der Waals surface area contributed by atoms with E-state index in [4.69, 9.17) is 10.5 Å². The number of carbonyl (C=O) groups is 1. The van der Waals surface area contributed by atoms with Crippen molar-refractivity contribution in [1.29, 1.82) is 0 Å². The quantitative estimate of drug-likeness (QED) is 0.777. The van der Waals surface area contributed by atoms with Crippen molar-refractivity contribution in [1.82, 2.24) is 0 Å². The van der Waals surface area contributed by atoms with Crippen LogP contribution in [0.3, 0.4) is 0 Å². The van der Waals surface area contributed by atoms with Crippen LogP contribution in [0.25, 0.3) is 0 Å². The number of primary amides is 1. The van der Waals surface area contributed by atoms with E-state index < -0.39 is 5.91 Å². The third kappa shape index (κ3) is 4.93. The van der Waals surface area contributed by atoms with Crippen LogP contribution in [0.1, 0.15) is 55.5 Å². The number of rotatable bonds is 8. The van der Waals surface area contributed by atoms with Crippen molar-refractivity contribution in [2.75, 3.05) is 6.61 Å². The van der Waals surface area contributed by atoms with Gasteiger partial charge in [0.25, 0.3) is 5.91 Å². The summed E-state index contributed by atoms with van der Waals surface area (Å²) < 4.78 is 5.83. The molecule has 0 heterocycles. The zero-order chi connectivity index (χ0) is 14.3. The van der Waals surface area contributed by atoms with Crippen LogP contribution in [-0.2, 0) is 0 Å². The number of hydrogen-bond donors (Lipinski definition) is 1. The Bertz CT molecular complexity index is 415. The minimum atomic E-state index is -0.434. The third-order valence-corrected chi connectivity index (χ3v) is 3.42. The molecule has 0 radical (unpaired) electrons. The van der Waals surface area contributed by atoms with Crippen LogP contribution in [0.5, 0.6) is 5.75 Å². The number of ether oxygens (including phenoxy) is 1. The van der Waals surface area contributed by atoms with Gasteiger partial charge in [0.15, 0.2) is 0 Å². The molecular formula is C16H25NO2. The number of unbranched alkanes of at least 4 members (excludes halogenated alkanes) is 1. The lowest BCUT2D eigenvalue weighted by Gasteiger charge is -2.17. The van der Waals surface area contributed by atoms with Gasteiger partial charge in [0.05, 0.1) is 12.2 Å². The molecule has 0 aromatic heterocycles. The molecule has 1 rings (SSSR count). The van der Waals surface area contributed by atoms with E-state index in [0.29, 0.717) is 23.8 Å². The summed E-state index contributed by atoms with van der Waals surface area (Å²) in [6.45, 7) is 7.00. The largest absolute Gasteiger partial charge is 0.492 e. The standard InChI is InChI=1S/C16H25NO2/c1-4-6-7-13(5-2)11-19-15-10-12(3)8-9-14(15)16(17)18/h8-10,13H,4-7,11H2,1-3H3,(H2,17,18)/t13-/m1/s1. The van der Waals surface area contributed by atoms with Gasteiger partial charge < -0.3 is 10.5 Å². The summed E-state index contributed by atoms with van der Waals surface area (Å²) in [5.41, 5.74) is 6.90. The highest BCUT2D eigenvalue weighted by molar-refractivity contribution is 5.95. The fourth-order valence-corrected chi connectivity index (χ4v) is 2.06. The Labute approximate surface area is 116 Å². The molecule has 0 saturated carbocycles. The number of aryl methyl sites for hydroxylation is 1. The van der Waals surface area contributed by atoms with Crippen molar-refractivity contribution in [3.8, 4) is 5.75 Å². The van der Waals surface area contributed by atoms with Gasteiger partial charge in [-0.25, -0.2) is 0 Å². The highest BCUT2D eigenvalue weighted by atomic mass is 16.5. The summed E-state index contributed by atoms with van der Waals surface area (Å²) in [6, 6.07) is 5.49. The molecule has 2 N–H and O–H groups in total. The Hall–Kier alpha value is -1.51. The lowest BCUT2D eigenvalue weighted by atomic mass is 10.0. The summed E-state index contributed by atoms with van der Waals surface area (Å²) in [6.07, 6.45) is 4.69. The van der Waals surface area contributed by atoms with Gasteiger partial charge in [-0.05, 0) is 37.0 Å². The van der Waals surface area contributed by atoms with Crippen LogP contribution < -0.4 is 10.5 Å². The van der Waals surface area contributed by atoms with E-state index >= 15 is 0 Å². The fraction of sp³-hybridized carbons (Fsp3) is 0.562. The first-order valence-electron chi connectivity index (χ1n) is 7.11. The summed E-state index contributed by atoms with van der Waals surface area (Å²) in [5.74, 6) is 0.722. The predicted molar refractivity (Wildman–Crippen MR) is 78.5 cm³/mol. The Morgan fingerprint density at radius 2 is 2.11 bits per heavy atom. The van der Waals surface area contributed by atoms with Gasteiger partial charge in [-0.3, -0.25) is 4.79 Å². The summed E-state index contributed by atoms with van der Waals surface area (Å²) in [4.78, 5) is 11.4. The molecule has 1 aromatic carbocycles. The monoisotopic (exact) mass is 263 g/mol. The predicted octanol–water partition coefficient (Wildman–Crippen LogP) is 3.69. The molecule has 3 nitrogen and oxygen atoms in total. The van der Waals surface area contributed by atoms with Crippen LogP contribution in [0.4, 0.5) is 0 Å². The number of benzene rings is 1. The molecular weight excluding hydrogens is 238 g/mol. The van der Waals surface area contributed by atoms with Crippen molar-refractivity contribution < 1.29 is 9.53 Å². The first-order chi connectivity index (χ1) is 9.08. The molecule has 1 aromatic rings. The molecule has 0 spiro atoms. The minimum absolute atomic E-state index is 0.434. The Balaban J connectivity index is 2.70. The lowest BCUT2D eigenvalue weighted by molar-refractivity contribution is 0.0995. The second-order valence-corrected chi connectivity index (χ2v) is 5.09. The minimum Gasteiger partial charge on any atom is -0.492 e. The molecule has 0 aliphatic carbocycles. The zero-order valence-electron chi connectivity index (χ0n) is 12.2. The average Bonchev–Trinajstić information content (AvgIpc) is 2.38. The molecule has 1 atom stereocenters. The molecule has 19 heavy (non-hydrogen) atoms. The van der Waals surface area contributed by atoms with Gasteiger partial charge in [0.1, 0.15) is 5.75 Å². The zero-order valence-corrected chi connectivity index (χ0v) is 12.2. The maximum absolute atomic E-state index is 11.4. The number of hydrogen-bond acceptors (Lipinski definition) is 2. The first kappa shape index (κ1) is 15.5. The molecule has 0 unspecified atom stereocenters. The first-order valence-corrected chi connectivity index (χ1v) is 7.11. The van der Waals surface area contributed by atoms with Crippen LogP contribution in [-0.4, -0.2) is 12.5 Å². The SMILES string of the molecule is CCCC[C@@H](CC)COc1cc(C)ccc1C(N)=O. The summed E-state index contributed by atoms with van der Waals surface area (Å²) in [5, 5.41) is 0. The summed E-state index contributed by atoms with van der Waals surface area (Å²) in [7, 11) is 0. The van der Waals surface area contributed by atoms with E-state index in [1.165, 1.54) is 19.3 Å². The Morgan fingerprint density at radius 3 is 2.68 bits per heavy atom. The van der Waals surface area contributed by atoms with E-state index in [0.717, 1.165) is 12.0 Å². The van der Waals surface area contributed by atoms with Gasteiger partial charge in [-0.2, -0.15) is 0 Å². The number of carbonyl (C=O) groups excluding carboxylic acids is 1. The van der Waals surface area contributed by atoms with Crippen LogP contribution in [0.2, 0.25) is 0 Å². The fourth-order valence-electron chi connectivity index (χ4n) is 2.06. The molecule has 0 aliphatic rings. The molecule has 0 saturated heterocycles. The van der Waals surface area contributed by atoms with Crippen LogP contribution >= 0.6 is 0 Å². The average molecular weight is 263 g/mol. The lowest BCUT2D eigenvalue weighted by Crippen LogP contribution is -2.16. The molecule has 106 valence electrons. The van der Waals surface area contributed by atoms with E-state index in [-0.39, 0.29) is 0 Å². The Kier molecular flexibility index (Phi) is 6.40. The molecule has 3 heteroatoms. The van der Waals surface area contributed by atoms with Crippen molar-refractivity contribution >= 4 is 5.91 Å².